The van der Waals surface area contributed by atoms with Crippen molar-refractivity contribution in [3.8, 4) is 29.1 Å². The van der Waals surface area contributed by atoms with Crippen LogP contribution >= 0.6 is 11.3 Å². The Hall–Kier alpha value is -7.29. The second-order valence-corrected chi connectivity index (χ2v) is 25.1. The van der Waals surface area contributed by atoms with E-state index in [0.717, 1.165) is 120 Å². The van der Waals surface area contributed by atoms with E-state index in [9.17, 15) is 19.6 Å². The summed E-state index contributed by atoms with van der Waals surface area (Å²) in [5.41, 5.74) is 5.04. The lowest BCUT2D eigenvalue weighted by atomic mass is 9.83. The smallest absolute Gasteiger partial charge is 0.318 e. The van der Waals surface area contributed by atoms with Crippen molar-refractivity contribution in [2.75, 3.05) is 123 Å². The number of benzene rings is 4. The van der Waals surface area contributed by atoms with Gasteiger partial charge in [-0.25, -0.2) is 4.98 Å². The fourth-order valence-electron chi connectivity index (χ4n) is 13.6. The number of anilines is 2. The van der Waals surface area contributed by atoms with E-state index in [1.807, 2.05) is 30.0 Å². The van der Waals surface area contributed by atoms with Crippen LogP contribution in [-0.2, 0) is 46.3 Å². The number of likely N-dealkylation sites (tertiary alicyclic amines) is 2. The zero-order chi connectivity index (χ0) is 62.3. The van der Waals surface area contributed by atoms with Gasteiger partial charge in [-0.05, 0) is 101 Å². The van der Waals surface area contributed by atoms with E-state index in [1.165, 1.54) is 23.3 Å². The van der Waals surface area contributed by atoms with Crippen LogP contribution in [0.15, 0.2) is 96.9 Å². The molecule has 4 aromatic carbocycles. The summed E-state index contributed by atoms with van der Waals surface area (Å²) < 4.78 is 36.6. The van der Waals surface area contributed by atoms with E-state index in [2.05, 4.69) is 111 Å². The summed E-state index contributed by atoms with van der Waals surface area (Å²) in [7, 11) is 3.85. The molecule has 90 heavy (non-hydrogen) atoms. The number of piperazine rings is 1. The predicted octanol–water partition coefficient (Wildman–Crippen LogP) is 8.52. The lowest BCUT2D eigenvalue weighted by Crippen LogP contribution is -2.55. The van der Waals surface area contributed by atoms with Crippen LogP contribution < -0.4 is 29.9 Å². The van der Waals surface area contributed by atoms with Gasteiger partial charge in [0, 0.05) is 78.3 Å². The molecule has 1 unspecified atom stereocenters. The Kier molecular flexibility index (Phi) is 22.2. The van der Waals surface area contributed by atoms with E-state index in [4.69, 9.17) is 43.4 Å². The number of rotatable bonds is 28. The first-order chi connectivity index (χ1) is 44.1. The van der Waals surface area contributed by atoms with Gasteiger partial charge in [0.05, 0.1) is 101 Å². The molecule has 2 N–H and O–H groups in total. The van der Waals surface area contributed by atoms with Crippen LogP contribution in [0.1, 0.15) is 87.0 Å². The van der Waals surface area contributed by atoms with E-state index in [1.54, 1.807) is 23.3 Å². The maximum atomic E-state index is 14.4. The number of hydrogen-bond donors (Lipinski definition) is 2. The quantitative estimate of drug-likeness (QED) is 0.0348. The largest absolute Gasteiger partial charge is 0.491 e. The molecule has 4 fully saturated rings. The number of thiazole rings is 1. The third-order valence-electron chi connectivity index (χ3n) is 18.6. The molecule has 5 aliphatic rings. The van der Waals surface area contributed by atoms with Gasteiger partial charge in [0.2, 0.25) is 17.7 Å². The topological polar surface area (TPSA) is 209 Å². The van der Waals surface area contributed by atoms with Crippen LogP contribution in [-0.4, -0.2) is 190 Å². The van der Waals surface area contributed by atoms with Crippen molar-refractivity contribution in [1.29, 1.82) is 5.26 Å². The Morgan fingerprint density at radius 2 is 1.51 bits per heavy atom. The Bertz CT molecular complexity index is 3460. The van der Waals surface area contributed by atoms with Gasteiger partial charge in [-0.1, -0.05) is 86.5 Å². The van der Waals surface area contributed by atoms with Gasteiger partial charge in [0.25, 0.3) is 0 Å². The fourth-order valence-corrected chi connectivity index (χ4v) is 14.6. The van der Waals surface area contributed by atoms with Gasteiger partial charge in [0.15, 0.2) is 0 Å². The van der Waals surface area contributed by atoms with E-state index in [-0.39, 0.29) is 60.3 Å². The molecule has 1 saturated carbocycles. The van der Waals surface area contributed by atoms with Crippen molar-refractivity contribution >= 4 is 62.1 Å². The minimum Gasteiger partial charge on any atom is -0.491 e. The summed E-state index contributed by atoms with van der Waals surface area (Å²) in [5.74, 6) is 1.42. The second-order valence-electron chi connectivity index (χ2n) is 24.3. The number of likely N-dealkylation sites (N-methyl/N-ethyl adjacent to an activating group) is 2. The van der Waals surface area contributed by atoms with E-state index >= 15 is 0 Å². The highest BCUT2D eigenvalue weighted by atomic mass is 32.1. The van der Waals surface area contributed by atoms with Crippen LogP contribution in [0.3, 0.4) is 0 Å². The molecule has 0 bridgehead atoms. The maximum absolute atomic E-state index is 14.4. The second kappa shape index (κ2) is 31.2. The lowest BCUT2D eigenvalue weighted by Gasteiger charge is -2.42. The summed E-state index contributed by atoms with van der Waals surface area (Å²) in [6.07, 6.45) is 10.1. The zero-order valence-corrected chi connectivity index (χ0v) is 53.2. The predicted molar refractivity (Wildman–Crippen MR) is 349 cm³/mol. The van der Waals surface area contributed by atoms with Gasteiger partial charge in [-0.15, -0.1) is 11.3 Å². The first kappa shape index (κ1) is 64.2. The number of fused-ring (bicyclic) bond motifs is 3. The number of nitrogens with one attached hydrogen (secondary N) is 2. The molecule has 6 atom stereocenters. The first-order valence-electron chi connectivity index (χ1n) is 32.3. The third-order valence-corrected chi connectivity index (χ3v) is 19.5. The Morgan fingerprint density at radius 3 is 2.29 bits per heavy atom. The Balaban J connectivity index is 0.593. The van der Waals surface area contributed by atoms with E-state index < -0.39 is 6.04 Å². The van der Waals surface area contributed by atoms with Crippen LogP contribution in [0.4, 0.5) is 11.5 Å². The number of aromatic nitrogens is 3. The average Bonchev–Trinajstić information content (AvgIpc) is 1.03. The molecule has 478 valence electrons. The highest BCUT2D eigenvalue weighted by Gasteiger charge is 2.41. The zero-order valence-electron chi connectivity index (χ0n) is 52.4. The summed E-state index contributed by atoms with van der Waals surface area (Å²) in [4.78, 5) is 66.2. The molecule has 0 radical (unpaired) electrons. The van der Waals surface area contributed by atoms with Crippen LogP contribution in [0.25, 0.3) is 32.8 Å². The first-order valence-corrected chi connectivity index (χ1v) is 33.2. The van der Waals surface area contributed by atoms with Gasteiger partial charge >= 0.3 is 6.01 Å². The van der Waals surface area contributed by atoms with Crippen molar-refractivity contribution in [1.82, 2.24) is 40.3 Å². The van der Waals surface area contributed by atoms with E-state index in [0.29, 0.717) is 98.2 Å². The molecule has 4 aliphatic heterocycles. The lowest BCUT2D eigenvalue weighted by molar-refractivity contribution is -0.139. The average molecular weight is 1250 g/mol. The highest BCUT2D eigenvalue weighted by Crippen LogP contribution is 2.41. The van der Waals surface area contributed by atoms with Crippen molar-refractivity contribution in [2.24, 2.45) is 5.92 Å². The van der Waals surface area contributed by atoms with Gasteiger partial charge in [-0.2, -0.15) is 15.2 Å². The van der Waals surface area contributed by atoms with Crippen LogP contribution in [0.5, 0.6) is 11.8 Å². The van der Waals surface area contributed by atoms with Crippen LogP contribution in [0.2, 0.25) is 0 Å². The van der Waals surface area contributed by atoms with Crippen molar-refractivity contribution < 1.29 is 42.8 Å². The molecule has 0 spiro atoms. The monoisotopic (exact) mass is 1250 g/mol. The van der Waals surface area contributed by atoms with Crippen molar-refractivity contribution in [3.05, 3.63) is 113 Å². The van der Waals surface area contributed by atoms with Gasteiger partial charge in [0.1, 0.15) is 35.8 Å². The fraction of sp³-hybridized carbons (Fsp3) is 0.522. The number of nitrogens with zero attached hydrogens (tertiary/aromatic N) is 9. The number of carbonyl (C=O) groups is 3. The number of hydrogen-bond acceptors (Lipinski definition) is 18. The minimum absolute atomic E-state index is 0.0134. The molecule has 6 heterocycles. The molecule has 1 aliphatic carbocycles. The number of amides is 3. The number of ether oxygens (including phenoxy) is 6. The minimum atomic E-state index is -0.534. The van der Waals surface area contributed by atoms with Gasteiger partial charge in [-0.3, -0.25) is 19.3 Å². The summed E-state index contributed by atoms with van der Waals surface area (Å²) in [5, 5.41) is 23.3. The number of nitriles is 1. The summed E-state index contributed by atoms with van der Waals surface area (Å²) >= 11 is 1.59. The molecule has 2 aromatic heterocycles. The maximum Gasteiger partial charge on any atom is 0.318 e. The third kappa shape index (κ3) is 15.4. The molecule has 3 saturated heterocycles. The molecular weight excluding hydrogens is 1160 g/mol. The molecule has 6 aromatic rings. The van der Waals surface area contributed by atoms with Crippen molar-refractivity contribution in [3.63, 3.8) is 0 Å². The Labute approximate surface area is 532 Å². The van der Waals surface area contributed by atoms with Gasteiger partial charge < -0.3 is 58.7 Å². The van der Waals surface area contributed by atoms with Crippen molar-refractivity contribution in [2.45, 2.75) is 114 Å². The number of carbonyl (C=O) groups excluding carboxylic acids is 3. The summed E-state index contributed by atoms with van der Waals surface area (Å²) in [6.45, 7) is 13.7. The molecule has 3 amide bonds. The summed E-state index contributed by atoms with van der Waals surface area (Å²) in [6, 6.07) is 28.5. The van der Waals surface area contributed by atoms with Crippen LogP contribution in [0, 0.1) is 17.2 Å². The standard InChI is InChI=1S/C69H87N11O9S/c1-5-63(81)79-32-31-78(42-50(79)26-28-70)65-57-27-30-77(60-22-13-18-48-15-9-10-19-53(48)60)44-58(57)73-69(75-65)89-45-51-41-52(43-76(51)4)87-39-37-85-35-33-84-34-36-86-38-40-88-62-25-24-55(54-20-11-12-21-56(54)62)59-46-90-67(72-59)61-23-14-29-80(61)68(83)64(49-16-7-6-8-17-49)74-66(82)47(2)71-3/h5,9-13,15,18-22,24-25,46-47,49-52,61,64,71H,1,6-8,14,16-17,23,26-27,29-45H2,2-4H3,(H,74,82)/t47-,50-,51-,52+,61-,64?/m0/s1. The molecular formula is C69H87N11O9S. The SMILES string of the molecule is C=CC(=O)N1CCN(c2nc(OC[C@@H]3C[C@@H](OCCOCCOCCOCCOc4ccc(-c5csc([C@@H]6CCCN6C(=O)C(NC(=O)[C@H](C)NC)C6CCCCC6)n5)c5ccccc45)CN3C)nc3c2CCN(c2cccc4ccccc24)C3)C[C@@H]1CC#N. The molecule has 11 rings (SSSR count). The molecule has 21 heteroatoms. The Morgan fingerprint density at radius 1 is 0.767 bits per heavy atom. The molecule has 20 nitrogen and oxygen atoms in total. The normalized spacial score (nSPS) is 20.5. The highest BCUT2D eigenvalue weighted by molar-refractivity contribution is 7.10.